The Balaban J connectivity index is 2.05. The highest BCUT2D eigenvalue weighted by Gasteiger charge is 2.20. The average molecular weight is 223 g/mol. The van der Waals surface area contributed by atoms with Crippen molar-refractivity contribution in [2.75, 3.05) is 26.2 Å². The maximum Gasteiger partial charge on any atom is 0.276 e. The van der Waals surface area contributed by atoms with E-state index in [2.05, 4.69) is 10.5 Å². The first-order valence-electron chi connectivity index (χ1n) is 5.77. The van der Waals surface area contributed by atoms with Gasteiger partial charge in [0.1, 0.15) is 5.76 Å². The molecule has 1 amide bonds. The van der Waals surface area contributed by atoms with Crippen LogP contribution >= 0.6 is 0 Å². The van der Waals surface area contributed by atoms with Gasteiger partial charge in [-0.15, -0.1) is 0 Å². The Bertz CT molecular complexity index is 354. The molecule has 2 rings (SSSR count). The van der Waals surface area contributed by atoms with Crippen molar-refractivity contribution < 1.29 is 9.32 Å². The number of nitrogens with zero attached hydrogens (tertiary/aromatic N) is 2. The first kappa shape index (κ1) is 11.1. The molecule has 0 bridgehead atoms. The summed E-state index contributed by atoms with van der Waals surface area (Å²) in [6.45, 7) is 5.34. The minimum Gasteiger partial charge on any atom is -0.361 e. The van der Waals surface area contributed by atoms with Gasteiger partial charge in [-0.05, 0) is 13.0 Å². The molecule has 5 heteroatoms. The van der Waals surface area contributed by atoms with Crippen LogP contribution in [0.15, 0.2) is 10.6 Å². The first-order chi connectivity index (χ1) is 7.81. The minimum absolute atomic E-state index is 0.0212. The average Bonchev–Trinajstić information content (AvgIpc) is 2.62. The van der Waals surface area contributed by atoms with E-state index in [-0.39, 0.29) is 5.91 Å². The highest BCUT2D eigenvalue weighted by atomic mass is 16.5. The summed E-state index contributed by atoms with van der Waals surface area (Å²) in [5, 5.41) is 7.07. The molecular formula is C11H17N3O2. The lowest BCUT2D eigenvalue weighted by molar-refractivity contribution is 0.0756. The van der Waals surface area contributed by atoms with Gasteiger partial charge in [-0.25, -0.2) is 0 Å². The second-order valence-electron chi connectivity index (χ2n) is 3.93. The van der Waals surface area contributed by atoms with E-state index >= 15 is 0 Å². The molecule has 1 aromatic rings. The van der Waals surface area contributed by atoms with E-state index in [1.54, 1.807) is 6.07 Å². The standard InChI is InChI=1S/C11H17N3O2/c1-2-9-8-10(13-16-9)11(15)14-6-3-4-12-5-7-14/h8,12H,2-7H2,1H3. The molecule has 1 aliphatic rings. The molecule has 88 valence electrons. The van der Waals surface area contributed by atoms with Crippen LogP contribution in [0.4, 0.5) is 0 Å². The molecule has 0 unspecified atom stereocenters. The third-order valence-corrected chi connectivity index (χ3v) is 2.75. The zero-order chi connectivity index (χ0) is 11.4. The largest absolute Gasteiger partial charge is 0.361 e. The Morgan fingerprint density at radius 1 is 1.56 bits per heavy atom. The van der Waals surface area contributed by atoms with Gasteiger partial charge in [-0.3, -0.25) is 4.79 Å². The van der Waals surface area contributed by atoms with Gasteiger partial charge in [-0.2, -0.15) is 0 Å². The molecule has 2 heterocycles. The van der Waals surface area contributed by atoms with Gasteiger partial charge in [0.15, 0.2) is 5.69 Å². The number of carbonyl (C=O) groups is 1. The molecule has 16 heavy (non-hydrogen) atoms. The van der Waals surface area contributed by atoms with E-state index in [0.29, 0.717) is 5.69 Å². The monoisotopic (exact) mass is 223 g/mol. The van der Waals surface area contributed by atoms with Gasteiger partial charge in [0.25, 0.3) is 5.91 Å². The molecule has 0 aromatic carbocycles. The fraction of sp³-hybridized carbons (Fsp3) is 0.636. The van der Waals surface area contributed by atoms with Crippen molar-refractivity contribution in [3.63, 3.8) is 0 Å². The lowest BCUT2D eigenvalue weighted by atomic mass is 10.3. The molecular weight excluding hydrogens is 206 g/mol. The molecule has 5 nitrogen and oxygen atoms in total. The van der Waals surface area contributed by atoms with Crippen molar-refractivity contribution in [2.45, 2.75) is 19.8 Å². The summed E-state index contributed by atoms with van der Waals surface area (Å²) in [7, 11) is 0. The van der Waals surface area contributed by atoms with Gasteiger partial charge >= 0.3 is 0 Å². The number of hydrogen-bond acceptors (Lipinski definition) is 4. The summed E-state index contributed by atoms with van der Waals surface area (Å²) < 4.78 is 5.04. The van der Waals surface area contributed by atoms with Gasteiger partial charge in [0.05, 0.1) is 0 Å². The third kappa shape index (κ3) is 2.41. The summed E-state index contributed by atoms with van der Waals surface area (Å²) in [4.78, 5) is 13.9. The number of amides is 1. The molecule has 1 aliphatic heterocycles. The summed E-state index contributed by atoms with van der Waals surface area (Å²) in [5.74, 6) is 0.739. The number of rotatable bonds is 2. The van der Waals surface area contributed by atoms with Crippen molar-refractivity contribution >= 4 is 5.91 Å². The molecule has 0 atom stereocenters. The van der Waals surface area contributed by atoms with Crippen LogP contribution in [-0.4, -0.2) is 42.1 Å². The Morgan fingerprint density at radius 3 is 3.19 bits per heavy atom. The maximum atomic E-state index is 12.1. The highest BCUT2D eigenvalue weighted by molar-refractivity contribution is 5.92. The predicted octanol–water partition coefficient (Wildman–Crippen LogP) is 0.672. The Kier molecular flexibility index (Phi) is 3.56. The van der Waals surface area contributed by atoms with Crippen LogP contribution in [0.3, 0.4) is 0 Å². The fourth-order valence-electron chi connectivity index (χ4n) is 1.79. The minimum atomic E-state index is -0.0212. The van der Waals surface area contributed by atoms with Crippen LogP contribution in [0.5, 0.6) is 0 Å². The molecule has 1 saturated heterocycles. The molecule has 0 radical (unpaired) electrons. The van der Waals surface area contributed by atoms with Gasteiger partial charge < -0.3 is 14.7 Å². The van der Waals surface area contributed by atoms with E-state index in [4.69, 9.17) is 4.52 Å². The van der Waals surface area contributed by atoms with Gasteiger partial charge in [0.2, 0.25) is 0 Å². The summed E-state index contributed by atoms with van der Waals surface area (Å²) in [6, 6.07) is 1.74. The van der Waals surface area contributed by atoms with Crippen LogP contribution < -0.4 is 5.32 Å². The van der Waals surface area contributed by atoms with E-state index in [9.17, 15) is 4.79 Å². The zero-order valence-corrected chi connectivity index (χ0v) is 9.53. The van der Waals surface area contributed by atoms with Crippen LogP contribution in [0.25, 0.3) is 0 Å². The van der Waals surface area contributed by atoms with E-state index < -0.39 is 0 Å². The van der Waals surface area contributed by atoms with Crippen LogP contribution in [0.1, 0.15) is 29.6 Å². The lowest BCUT2D eigenvalue weighted by Crippen LogP contribution is -2.34. The number of hydrogen-bond donors (Lipinski definition) is 1. The molecule has 0 saturated carbocycles. The third-order valence-electron chi connectivity index (χ3n) is 2.75. The normalized spacial score (nSPS) is 17.2. The van der Waals surface area contributed by atoms with Crippen molar-refractivity contribution in [3.8, 4) is 0 Å². The van der Waals surface area contributed by atoms with Crippen molar-refractivity contribution in [1.82, 2.24) is 15.4 Å². The van der Waals surface area contributed by atoms with Gasteiger partial charge in [0, 0.05) is 32.1 Å². The van der Waals surface area contributed by atoms with Crippen molar-refractivity contribution in [2.24, 2.45) is 0 Å². The summed E-state index contributed by atoms with van der Waals surface area (Å²) in [5.41, 5.74) is 0.429. The number of carbonyl (C=O) groups excluding carboxylic acids is 1. The first-order valence-corrected chi connectivity index (χ1v) is 5.77. The predicted molar refractivity (Wildman–Crippen MR) is 59.3 cm³/mol. The van der Waals surface area contributed by atoms with Crippen molar-refractivity contribution in [1.29, 1.82) is 0 Å². The zero-order valence-electron chi connectivity index (χ0n) is 9.53. The lowest BCUT2D eigenvalue weighted by Gasteiger charge is -2.17. The molecule has 1 fully saturated rings. The Labute approximate surface area is 94.8 Å². The topological polar surface area (TPSA) is 58.4 Å². The molecule has 0 spiro atoms. The maximum absolute atomic E-state index is 12.1. The van der Waals surface area contributed by atoms with Crippen molar-refractivity contribution in [3.05, 3.63) is 17.5 Å². The van der Waals surface area contributed by atoms with E-state index in [1.165, 1.54) is 0 Å². The molecule has 1 N–H and O–H groups in total. The number of nitrogens with one attached hydrogen (secondary N) is 1. The second kappa shape index (κ2) is 5.12. The SMILES string of the molecule is CCc1cc(C(=O)N2CCCNCC2)no1. The summed E-state index contributed by atoms with van der Waals surface area (Å²) in [6.07, 6.45) is 1.76. The quantitative estimate of drug-likeness (QED) is 0.800. The van der Waals surface area contributed by atoms with E-state index in [1.807, 2.05) is 11.8 Å². The van der Waals surface area contributed by atoms with Crippen LogP contribution in [-0.2, 0) is 6.42 Å². The Hall–Kier alpha value is -1.36. The highest BCUT2D eigenvalue weighted by Crippen LogP contribution is 2.08. The van der Waals surface area contributed by atoms with Crippen LogP contribution in [0, 0.1) is 0 Å². The van der Waals surface area contributed by atoms with Crippen LogP contribution in [0.2, 0.25) is 0 Å². The molecule has 0 aliphatic carbocycles. The van der Waals surface area contributed by atoms with E-state index in [0.717, 1.165) is 44.8 Å². The van der Waals surface area contributed by atoms with Gasteiger partial charge in [-0.1, -0.05) is 12.1 Å². The smallest absolute Gasteiger partial charge is 0.276 e. The summed E-state index contributed by atoms with van der Waals surface area (Å²) >= 11 is 0. The number of aryl methyl sites for hydroxylation is 1. The number of aromatic nitrogens is 1. The second-order valence-corrected chi connectivity index (χ2v) is 3.93. The fourth-order valence-corrected chi connectivity index (χ4v) is 1.79. The Morgan fingerprint density at radius 2 is 2.44 bits per heavy atom. The molecule has 1 aromatic heterocycles.